The number of nitrogens with one attached hydrogen (secondary N) is 1. The van der Waals surface area contributed by atoms with Crippen molar-refractivity contribution in [3.05, 3.63) is 77.6 Å². The lowest BCUT2D eigenvalue weighted by molar-refractivity contribution is -0.137. The average Bonchev–Trinajstić information content (AvgIpc) is 3.18. The molecule has 0 saturated carbocycles. The van der Waals surface area contributed by atoms with Crippen molar-refractivity contribution in [1.29, 1.82) is 0 Å². The number of hydrogen-bond acceptors (Lipinski definition) is 3. The molecular formula is C21H16F3NO3. The Labute approximate surface area is 158 Å². The molecule has 0 fully saturated rings. The minimum absolute atomic E-state index is 0.0383. The fourth-order valence-electron chi connectivity index (χ4n) is 3.19. The van der Waals surface area contributed by atoms with Gasteiger partial charge in [0, 0.05) is 17.5 Å². The average molecular weight is 387 g/mol. The maximum atomic E-state index is 12.9. The highest BCUT2D eigenvalue weighted by molar-refractivity contribution is 5.92. The molecule has 2 heterocycles. The first-order chi connectivity index (χ1) is 13.4. The Balaban J connectivity index is 1.53. The summed E-state index contributed by atoms with van der Waals surface area (Å²) in [6.45, 7) is 0.482. The molecule has 1 aliphatic rings. The van der Waals surface area contributed by atoms with Gasteiger partial charge in [-0.1, -0.05) is 30.3 Å². The predicted molar refractivity (Wildman–Crippen MR) is 95.9 cm³/mol. The molecule has 1 atom stereocenters. The van der Waals surface area contributed by atoms with Crippen LogP contribution in [0.2, 0.25) is 0 Å². The van der Waals surface area contributed by atoms with Gasteiger partial charge in [0.15, 0.2) is 5.76 Å². The number of benzene rings is 2. The van der Waals surface area contributed by atoms with Crippen LogP contribution in [-0.4, -0.2) is 12.5 Å². The maximum Gasteiger partial charge on any atom is 0.416 e. The number of carbonyl (C=O) groups excluding carboxylic acids is 1. The molecule has 7 heteroatoms. The van der Waals surface area contributed by atoms with Gasteiger partial charge >= 0.3 is 6.18 Å². The van der Waals surface area contributed by atoms with E-state index in [2.05, 4.69) is 5.32 Å². The first-order valence-electron chi connectivity index (χ1n) is 8.72. The third-order valence-electron chi connectivity index (χ3n) is 4.57. The molecule has 1 aromatic heterocycles. The van der Waals surface area contributed by atoms with Crippen molar-refractivity contribution in [2.45, 2.75) is 18.6 Å². The van der Waals surface area contributed by atoms with Crippen LogP contribution in [0, 0.1) is 0 Å². The first-order valence-corrected chi connectivity index (χ1v) is 8.72. The smallest absolute Gasteiger partial charge is 0.416 e. The zero-order chi connectivity index (χ0) is 19.7. The second-order valence-corrected chi connectivity index (χ2v) is 6.44. The summed E-state index contributed by atoms with van der Waals surface area (Å²) < 4.78 is 49.8. The molecule has 4 nitrogen and oxygen atoms in total. The zero-order valence-electron chi connectivity index (χ0n) is 14.6. The third kappa shape index (κ3) is 3.60. The Kier molecular flexibility index (Phi) is 4.58. The number of rotatable bonds is 3. The highest BCUT2D eigenvalue weighted by Gasteiger charge is 2.31. The number of hydrogen-bond donors (Lipinski definition) is 1. The fourth-order valence-corrected chi connectivity index (χ4v) is 3.19. The third-order valence-corrected chi connectivity index (χ3v) is 4.57. The van der Waals surface area contributed by atoms with Crippen molar-refractivity contribution < 1.29 is 27.1 Å². The molecule has 1 aliphatic heterocycles. The lowest BCUT2D eigenvalue weighted by atomic mass is 10.0. The van der Waals surface area contributed by atoms with Crippen molar-refractivity contribution in [2.75, 3.05) is 6.61 Å². The fraction of sp³-hybridized carbons (Fsp3) is 0.190. The van der Waals surface area contributed by atoms with Gasteiger partial charge in [0.2, 0.25) is 0 Å². The van der Waals surface area contributed by atoms with Gasteiger partial charge in [-0.15, -0.1) is 0 Å². The second-order valence-electron chi connectivity index (χ2n) is 6.44. The minimum Gasteiger partial charge on any atom is -0.493 e. The van der Waals surface area contributed by atoms with E-state index >= 15 is 0 Å². The molecular weight excluding hydrogens is 371 g/mol. The number of carbonyl (C=O) groups is 1. The van der Waals surface area contributed by atoms with Crippen LogP contribution in [0.1, 0.15) is 34.1 Å². The molecule has 1 amide bonds. The van der Waals surface area contributed by atoms with Crippen LogP contribution in [0.25, 0.3) is 11.3 Å². The van der Waals surface area contributed by atoms with E-state index in [4.69, 9.17) is 9.15 Å². The monoisotopic (exact) mass is 387 g/mol. The molecule has 4 rings (SSSR count). The van der Waals surface area contributed by atoms with Crippen molar-refractivity contribution >= 4 is 5.91 Å². The van der Waals surface area contributed by atoms with E-state index in [1.807, 2.05) is 24.3 Å². The largest absolute Gasteiger partial charge is 0.493 e. The molecule has 0 spiro atoms. The summed E-state index contributed by atoms with van der Waals surface area (Å²) in [5, 5.41) is 2.90. The number of alkyl halides is 3. The Morgan fingerprint density at radius 3 is 2.68 bits per heavy atom. The lowest BCUT2D eigenvalue weighted by Crippen LogP contribution is -2.31. The summed E-state index contributed by atoms with van der Waals surface area (Å²) in [4.78, 5) is 12.6. The number of fused-ring (bicyclic) bond motifs is 1. The Hall–Kier alpha value is -3.22. The highest BCUT2D eigenvalue weighted by Crippen LogP contribution is 2.34. The maximum absolute atomic E-state index is 12.9. The summed E-state index contributed by atoms with van der Waals surface area (Å²) in [7, 11) is 0. The van der Waals surface area contributed by atoms with Crippen LogP contribution >= 0.6 is 0 Å². The van der Waals surface area contributed by atoms with Crippen LogP contribution in [0.4, 0.5) is 13.2 Å². The molecule has 1 N–H and O–H groups in total. The van der Waals surface area contributed by atoms with Gasteiger partial charge in [-0.3, -0.25) is 4.79 Å². The van der Waals surface area contributed by atoms with E-state index in [1.54, 1.807) is 0 Å². The van der Waals surface area contributed by atoms with Crippen molar-refractivity contribution in [3.63, 3.8) is 0 Å². The van der Waals surface area contributed by atoms with Gasteiger partial charge in [0.1, 0.15) is 11.5 Å². The van der Waals surface area contributed by atoms with Gasteiger partial charge in [-0.05, 0) is 30.3 Å². The summed E-state index contributed by atoms with van der Waals surface area (Å²) in [6.07, 6.45) is -3.83. The number of amides is 1. The topological polar surface area (TPSA) is 51.5 Å². The predicted octanol–water partition coefficient (Wildman–Crippen LogP) is 5.22. The van der Waals surface area contributed by atoms with Crippen molar-refractivity contribution in [1.82, 2.24) is 5.32 Å². The zero-order valence-corrected chi connectivity index (χ0v) is 14.6. The highest BCUT2D eigenvalue weighted by atomic mass is 19.4. The molecule has 0 unspecified atom stereocenters. The van der Waals surface area contributed by atoms with Crippen LogP contribution in [0.15, 0.2) is 65.1 Å². The summed E-state index contributed by atoms with van der Waals surface area (Å²) >= 11 is 0. The van der Waals surface area contributed by atoms with Crippen LogP contribution in [0.5, 0.6) is 5.75 Å². The van der Waals surface area contributed by atoms with E-state index in [1.165, 1.54) is 24.3 Å². The van der Waals surface area contributed by atoms with Crippen LogP contribution in [0.3, 0.4) is 0 Å². The normalized spacial score (nSPS) is 16.2. The number of para-hydroxylation sites is 1. The van der Waals surface area contributed by atoms with Crippen molar-refractivity contribution in [3.8, 4) is 17.1 Å². The molecule has 28 heavy (non-hydrogen) atoms. The standard InChI is InChI=1S/C21H16F3NO3/c22-21(23,24)14-5-3-4-13(12-14)17-8-9-19(28-17)20(26)25-16-10-11-27-18-7-2-1-6-15(16)18/h1-9,12,16H,10-11H2,(H,25,26)/t16-/m1/s1. The van der Waals surface area contributed by atoms with E-state index < -0.39 is 17.6 Å². The van der Waals surface area contributed by atoms with Gasteiger partial charge in [-0.25, -0.2) is 0 Å². The van der Waals surface area contributed by atoms with Crippen LogP contribution < -0.4 is 10.1 Å². The summed E-state index contributed by atoms with van der Waals surface area (Å²) in [6, 6.07) is 15.0. The van der Waals surface area contributed by atoms with Gasteiger partial charge in [-0.2, -0.15) is 13.2 Å². The second kappa shape index (κ2) is 7.07. The minimum atomic E-state index is -4.45. The van der Waals surface area contributed by atoms with Gasteiger partial charge in [0.25, 0.3) is 5.91 Å². The SMILES string of the molecule is O=C(N[C@@H]1CCOc2ccccc21)c1ccc(-c2cccc(C(F)(F)F)c2)o1. The molecule has 0 aliphatic carbocycles. The van der Waals surface area contributed by atoms with Crippen molar-refractivity contribution in [2.24, 2.45) is 0 Å². The van der Waals surface area contributed by atoms with E-state index in [0.717, 1.165) is 23.4 Å². The number of halogens is 3. The Bertz CT molecular complexity index is 1010. The van der Waals surface area contributed by atoms with E-state index in [-0.39, 0.29) is 23.1 Å². The Morgan fingerprint density at radius 1 is 1.04 bits per heavy atom. The molecule has 0 bridgehead atoms. The quantitative estimate of drug-likeness (QED) is 0.670. The number of ether oxygens (including phenoxy) is 1. The summed E-state index contributed by atoms with van der Waals surface area (Å²) in [5.41, 5.74) is 0.364. The van der Waals surface area contributed by atoms with Gasteiger partial charge < -0.3 is 14.5 Å². The van der Waals surface area contributed by atoms with Gasteiger partial charge in [0.05, 0.1) is 18.2 Å². The van der Waals surface area contributed by atoms with E-state index in [9.17, 15) is 18.0 Å². The molecule has 0 radical (unpaired) electrons. The number of furan rings is 1. The lowest BCUT2D eigenvalue weighted by Gasteiger charge is -2.26. The summed E-state index contributed by atoms with van der Waals surface area (Å²) in [5.74, 6) is 0.531. The van der Waals surface area contributed by atoms with Crippen LogP contribution in [-0.2, 0) is 6.18 Å². The molecule has 0 saturated heterocycles. The molecule has 144 valence electrons. The molecule has 3 aromatic rings. The molecule has 2 aromatic carbocycles. The van der Waals surface area contributed by atoms with E-state index in [0.29, 0.717) is 13.0 Å². The first kappa shape index (κ1) is 18.2. The Morgan fingerprint density at radius 2 is 1.86 bits per heavy atom.